The maximum Gasteiger partial charge on any atom is 0.263 e. The van der Waals surface area contributed by atoms with Crippen molar-refractivity contribution in [2.75, 3.05) is 26.2 Å². The molecule has 5 nitrogen and oxygen atoms in total. The summed E-state index contributed by atoms with van der Waals surface area (Å²) in [6, 6.07) is 7.06. The lowest BCUT2D eigenvalue weighted by atomic mass is 9.92. The van der Waals surface area contributed by atoms with E-state index in [4.69, 9.17) is 16.3 Å². The molecule has 2 saturated heterocycles. The van der Waals surface area contributed by atoms with Gasteiger partial charge in [0.2, 0.25) is 5.91 Å². The summed E-state index contributed by atoms with van der Waals surface area (Å²) in [5.74, 6) is 1.47. The Kier molecular flexibility index (Phi) is 6.64. The molecule has 27 heavy (non-hydrogen) atoms. The predicted molar refractivity (Wildman–Crippen MR) is 106 cm³/mol. The average Bonchev–Trinajstić information content (AvgIpc) is 2.67. The maximum atomic E-state index is 12.8. The summed E-state index contributed by atoms with van der Waals surface area (Å²) in [7, 11) is 0. The van der Waals surface area contributed by atoms with Gasteiger partial charge in [0.25, 0.3) is 5.91 Å². The molecule has 2 heterocycles. The van der Waals surface area contributed by atoms with Gasteiger partial charge in [-0.3, -0.25) is 9.59 Å². The lowest BCUT2D eigenvalue weighted by molar-refractivity contribution is -0.144. The molecule has 2 unspecified atom stereocenters. The predicted octanol–water partition coefficient (Wildman–Crippen LogP) is 3.60. The van der Waals surface area contributed by atoms with Crippen LogP contribution in [0.5, 0.6) is 5.75 Å². The van der Waals surface area contributed by atoms with Crippen LogP contribution in [0.1, 0.15) is 39.5 Å². The molecular weight excluding hydrogens is 364 g/mol. The highest BCUT2D eigenvalue weighted by Crippen LogP contribution is 2.25. The Hall–Kier alpha value is -1.75. The van der Waals surface area contributed by atoms with E-state index in [2.05, 4.69) is 6.92 Å². The summed E-state index contributed by atoms with van der Waals surface area (Å²) in [5.41, 5.74) is 0. The fourth-order valence-electron chi connectivity index (χ4n) is 4.05. The van der Waals surface area contributed by atoms with E-state index in [-0.39, 0.29) is 17.7 Å². The van der Waals surface area contributed by atoms with Gasteiger partial charge in [0.05, 0.1) is 0 Å². The number of hydrogen-bond acceptors (Lipinski definition) is 3. The molecule has 2 amide bonds. The van der Waals surface area contributed by atoms with Crippen LogP contribution in [0.2, 0.25) is 5.02 Å². The molecule has 2 aliphatic rings. The first-order chi connectivity index (χ1) is 12.9. The molecule has 0 spiro atoms. The number of likely N-dealkylation sites (tertiary alicyclic amines) is 2. The van der Waals surface area contributed by atoms with E-state index in [0.717, 1.165) is 32.4 Å². The average molecular weight is 393 g/mol. The second-order valence-corrected chi connectivity index (χ2v) is 8.29. The van der Waals surface area contributed by atoms with E-state index in [1.807, 2.05) is 9.80 Å². The highest BCUT2D eigenvalue weighted by atomic mass is 35.5. The monoisotopic (exact) mass is 392 g/mol. The minimum absolute atomic E-state index is 0.0348. The molecule has 2 aliphatic heterocycles. The van der Waals surface area contributed by atoms with Gasteiger partial charge in [0, 0.05) is 37.1 Å². The van der Waals surface area contributed by atoms with Crippen molar-refractivity contribution < 1.29 is 14.3 Å². The van der Waals surface area contributed by atoms with Crippen LogP contribution in [0.25, 0.3) is 0 Å². The van der Waals surface area contributed by atoms with Crippen LogP contribution >= 0.6 is 11.6 Å². The first-order valence-corrected chi connectivity index (χ1v) is 10.3. The topological polar surface area (TPSA) is 49.9 Å². The molecule has 2 fully saturated rings. The molecule has 0 bridgehead atoms. The van der Waals surface area contributed by atoms with Gasteiger partial charge in [-0.25, -0.2) is 0 Å². The largest absolute Gasteiger partial charge is 0.481 e. The van der Waals surface area contributed by atoms with E-state index >= 15 is 0 Å². The molecule has 0 N–H and O–H groups in total. The van der Waals surface area contributed by atoms with Crippen molar-refractivity contribution >= 4 is 23.4 Å². The van der Waals surface area contributed by atoms with Gasteiger partial charge >= 0.3 is 0 Å². The highest BCUT2D eigenvalue weighted by molar-refractivity contribution is 6.30. The summed E-state index contributed by atoms with van der Waals surface area (Å²) in [6.45, 7) is 6.96. The molecule has 1 aromatic rings. The van der Waals surface area contributed by atoms with E-state index in [1.165, 1.54) is 6.42 Å². The first-order valence-electron chi connectivity index (χ1n) is 9.94. The fourth-order valence-corrected chi connectivity index (χ4v) is 4.23. The van der Waals surface area contributed by atoms with E-state index in [1.54, 1.807) is 31.2 Å². The molecule has 0 aromatic heterocycles. The van der Waals surface area contributed by atoms with E-state index < -0.39 is 6.10 Å². The highest BCUT2D eigenvalue weighted by Gasteiger charge is 2.33. The van der Waals surface area contributed by atoms with Crippen LogP contribution in [0.15, 0.2) is 24.3 Å². The number of hydrogen-bond donors (Lipinski definition) is 0. The standard InChI is InChI=1S/C21H29ClN2O3/c1-15-5-4-10-24(14-15)21(26)17-8-11-23(12-9-17)20(25)16(2)27-19-7-3-6-18(22)13-19/h3,6-7,13,15-17H,4-5,8-12,14H2,1-2H3. The van der Waals surface area contributed by atoms with E-state index in [0.29, 0.717) is 29.8 Å². The molecular formula is C21H29ClN2O3. The van der Waals surface area contributed by atoms with Gasteiger partial charge in [-0.15, -0.1) is 0 Å². The lowest BCUT2D eigenvalue weighted by Gasteiger charge is -2.37. The van der Waals surface area contributed by atoms with Crippen molar-refractivity contribution in [2.45, 2.75) is 45.6 Å². The summed E-state index contributed by atoms with van der Waals surface area (Å²) in [5, 5.41) is 0.582. The van der Waals surface area contributed by atoms with Crippen LogP contribution < -0.4 is 4.74 Å². The van der Waals surface area contributed by atoms with Crippen LogP contribution in [0.3, 0.4) is 0 Å². The molecule has 6 heteroatoms. The quantitative estimate of drug-likeness (QED) is 0.786. The number of nitrogens with zero attached hydrogens (tertiary/aromatic N) is 2. The Morgan fingerprint density at radius 1 is 1.15 bits per heavy atom. The van der Waals surface area contributed by atoms with Gasteiger partial charge < -0.3 is 14.5 Å². The molecule has 0 radical (unpaired) electrons. The summed E-state index contributed by atoms with van der Waals surface area (Å²) in [6.07, 6.45) is 3.21. The van der Waals surface area contributed by atoms with Crippen molar-refractivity contribution in [1.29, 1.82) is 0 Å². The molecule has 2 atom stereocenters. The number of carbonyl (C=O) groups is 2. The van der Waals surface area contributed by atoms with Gasteiger partial charge in [-0.05, 0) is 56.7 Å². The SMILES string of the molecule is CC1CCCN(C(=O)C2CCN(C(=O)C(C)Oc3cccc(Cl)c3)CC2)C1. The fraction of sp³-hybridized carbons (Fsp3) is 0.619. The van der Waals surface area contributed by atoms with Crippen molar-refractivity contribution in [3.05, 3.63) is 29.3 Å². The van der Waals surface area contributed by atoms with Crippen molar-refractivity contribution in [1.82, 2.24) is 9.80 Å². The minimum atomic E-state index is -0.571. The first kappa shape index (κ1) is 20.0. The van der Waals surface area contributed by atoms with Crippen molar-refractivity contribution in [3.8, 4) is 5.75 Å². The molecule has 148 valence electrons. The van der Waals surface area contributed by atoms with Gasteiger partial charge in [-0.2, -0.15) is 0 Å². The Morgan fingerprint density at radius 2 is 1.89 bits per heavy atom. The number of amides is 2. The zero-order chi connectivity index (χ0) is 19.4. The minimum Gasteiger partial charge on any atom is -0.481 e. The van der Waals surface area contributed by atoms with Crippen LogP contribution in [-0.4, -0.2) is 53.9 Å². The van der Waals surface area contributed by atoms with Crippen LogP contribution in [0, 0.1) is 11.8 Å². The third-order valence-corrected chi connectivity index (χ3v) is 5.82. The second-order valence-electron chi connectivity index (χ2n) is 7.85. The Balaban J connectivity index is 1.49. The number of piperidine rings is 2. The van der Waals surface area contributed by atoms with Crippen LogP contribution in [-0.2, 0) is 9.59 Å². The lowest BCUT2D eigenvalue weighted by Crippen LogP contribution is -2.49. The number of ether oxygens (including phenoxy) is 1. The van der Waals surface area contributed by atoms with Gasteiger partial charge in [0.15, 0.2) is 6.10 Å². The summed E-state index contributed by atoms with van der Waals surface area (Å²) in [4.78, 5) is 29.3. The number of carbonyl (C=O) groups excluding carboxylic acids is 2. The maximum absolute atomic E-state index is 12.8. The second kappa shape index (κ2) is 8.96. The molecule has 0 saturated carbocycles. The Labute approximate surface area is 166 Å². The van der Waals surface area contributed by atoms with Crippen molar-refractivity contribution in [3.63, 3.8) is 0 Å². The smallest absolute Gasteiger partial charge is 0.263 e. The third kappa shape index (κ3) is 5.16. The third-order valence-electron chi connectivity index (χ3n) is 5.58. The number of halogens is 1. The zero-order valence-electron chi connectivity index (χ0n) is 16.2. The van der Waals surface area contributed by atoms with Crippen LogP contribution in [0.4, 0.5) is 0 Å². The number of benzene rings is 1. The van der Waals surface area contributed by atoms with Gasteiger partial charge in [0.1, 0.15) is 5.75 Å². The summed E-state index contributed by atoms with van der Waals surface area (Å²) < 4.78 is 5.74. The molecule has 1 aromatic carbocycles. The molecule has 0 aliphatic carbocycles. The van der Waals surface area contributed by atoms with E-state index in [9.17, 15) is 9.59 Å². The number of rotatable bonds is 4. The van der Waals surface area contributed by atoms with Crippen molar-refractivity contribution in [2.24, 2.45) is 11.8 Å². The normalized spacial score (nSPS) is 22.4. The Morgan fingerprint density at radius 3 is 2.56 bits per heavy atom. The van der Waals surface area contributed by atoms with Gasteiger partial charge in [-0.1, -0.05) is 24.6 Å². The Bertz CT molecular complexity index is 673. The summed E-state index contributed by atoms with van der Waals surface area (Å²) >= 11 is 5.96. The molecule has 3 rings (SSSR count). The zero-order valence-corrected chi connectivity index (χ0v) is 17.0.